The highest BCUT2D eigenvalue weighted by atomic mass is 16.6. The number of esters is 2. The molecule has 40 heavy (non-hydrogen) atoms. The van der Waals surface area contributed by atoms with Gasteiger partial charge in [-0.3, -0.25) is 9.59 Å². The Morgan fingerprint density at radius 3 is 1.88 bits per heavy atom. The highest BCUT2D eigenvalue weighted by Crippen LogP contribution is 2.19. The fourth-order valence-corrected chi connectivity index (χ4v) is 3.78. The van der Waals surface area contributed by atoms with E-state index in [0.717, 1.165) is 11.1 Å². The molecule has 0 bridgehead atoms. The van der Waals surface area contributed by atoms with Gasteiger partial charge >= 0.3 is 18.0 Å². The average molecular weight is 549 g/mol. The maximum Gasteiger partial charge on any atom is 0.408 e. The van der Waals surface area contributed by atoms with Gasteiger partial charge in [0.1, 0.15) is 31.0 Å². The topological polar surface area (TPSA) is 129 Å². The molecule has 0 aliphatic heterocycles. The largest absolute Gasteiger partial charge is 0.496 e. The summed E-state index contributed by atoms with van der Waals surface area (Å²) in [5.74, 6) is -1.71. The number of carbonyl (C=O) groups excluding carboxylic acids is 4. The van der Waals surface area contributed by atoms with Crippen LogP contribution >= 0.6 is 0 Å². The first-order chi connectivity index (χ1) is 19.4. The van der Waals surface area contributed by atoms with E-state index in [1.165, 1.54) is 14.2 Å². The van der Waals surface area contributed by atoms with Gasteiger partial charge in [-0.25, -0.2) is 9.59 Å². The summed E-state index contributed by atoms with van der Waals surface area (Å²) in [6.45, 7) is -0.0525. The molecule has 3 rings (SSSR count). The maximum atomic E-state index is 13.3. The van der Waals surface area contributed by atoms with Gasteiger partial charge in [0.15, 0.2) is 0 Å². The molecule has 0 heterocycles. The second kappa shape index (κ2) is 15.5. The van der Waals surface area contributed by atoms with Gasteiger partial charge in [0.2, 0.25) is 5.91 Å². The van der Waals surface area contributed by atoms with Gasteiger partial charge in [0.05, 0.1) is 20.6 Å². The number of hydrogen-bond acceptors (Lipinski definition) is 8. The monoisotopic (exact) mass is 548 g/mol. The molecule has 2 amide bonds. The Labute approximate surface area is 232 Å². The average Bonchev–Trinajstić information content (AvgIpc) is 2.99. The molecule has 0 spiro atoms. The van der Waals surface area contributed by atoms with Crippen LogP contribution in [0, 0.1) is 0 Å². The third kappa shape index (κ3) is 9.46. The molecule has 0 radical (unpaired) electrons. The predicted octanol–water partition coefficient (Wildman–Crippen LogP) is 3.32. The summed E-state index contributed by atoms with van der Waals surface area (Å²) in [5, 5.41) is 4.99. The van der Waals surface area contributed by atoms with E-state index in [1.807, 2.05) is 12.1 Å². The maximum absolute atomic E-state index is 13.3. The molecule has 0 aliphatic rings. The predicted molar refractivity (Wildman–Crippen MR) is 145 cm³/mol. The Hall–Kier alpha value is -4.86. The van der Waals surface area contributed by atoms with Gasteiger partial charge in [-0.2, -0.15) is 0 Å². The zero-order chi connectivity index (χ0) is 28.7. The number of benzene rings is 3. The molecule has 10 heteroatoms. The van der Waals surface area contributed by atoms with E-state index < -0.39 is 42.4 Å². The Balaban J connectivity index is 1.71. The number of rotatable bonds is 13. The van der Waals surface area contributed by atoms with E-state index in [2.05, 4.69) is 10.6 Å². The summed E-state index contributed by atoms with van der Waals surface area (Å²) in [4.78, 5) is 51.1. The van der Waals surface area contributed by atoms with Crippen molar-refractivity contribution in [1.82, 2.24) is 10.6 Å². The Morgan fingerprint density at radius 2 is 1.27 bits per heavy atom. The van der Waals surface area contributed by atoms with Gasteiger partial charge in [0.25, 0.3) is 0 Å². The van der Waals surface area contributed by atoms with Gasteiger partial charge in [0, 0.05) is 6.42 Å². The van der Waals surface area contributed by atoms with Crippen LogP contribution in [0.1, 0.15) is 23.1 Å². The standard InChI is InChI=1S/C30H32N2O8/c1-37-26-16-10-9-15-23(26)17-25(29(35)38-2)31-28(34)24(18-27(33)39-19-21-11-5-3-6-12-21)32-30(36)40-20-22-13-7-4-8-14-22/h3-16,24-25H,17-20H2,1-2H3,(H,31,34)(H,32,36)/t24-,25+/m0/s1. The molecule has 2 N–H and O–H groups in total. The summed E-state index contributed by atoms with van der Waals surface area (Å²) in [7, 11) is 2.69. The first-order valence-corrected chi connectivity index (χ1v) is 12.6. The Bertz CT molecular complexity index is 1210. The third-order valence-electron chi connectivity index (χ3n) is 5.85. The van der Waals surface area contributed by atoms with E-state index >= 15 is 0 Å². The van der Waals surface area contributed by atoms with Crippen molar-refractivity contribution in [2.24, 2.45) is 0 Å². The van der Waals surface area contributed by atoms with Crippen molar-refractivity contribution in [3.8, 4) is 5.75 Å². The SMILES string of the molecule is COC(=O)[C@@H](Cc1ccccc1OC)NC(=O)[C@H](CC(=O)OCc1ccccc1)NC(=O)OCc1ccccc1. The number of hydrogen-bond donors (Lipinski definition) is 2. The van der Waals surface area contributed by atoms with E-state index in [4.69, 9.17) is 18.9 Å². The van der Waals surface area contributed by atoms with Gasteiger partial charge < -0.3 is 29.6 Å². The van der Waals surface area contributed by atoms with Crippen molar-refractivity contribution in [3.63, 3.8) is 0 Å². The molecule has 2 atom stereocenters. The lowest BCUT2D eigenvalue weighted by Gasteiger charge is -2.22. The second-order valence-corrected chi connectivity index (χ2v) is 8.71. The van der Waals surface area contributed by atoms with Crippen LogP contribution in [0.5, 0.6) is 5.75 Å². The Morgan fingerprint density at radius 1 is 0.700 bits per heavy atom. The molecule has 3 aromatic rings. The zero-order valence-electron chi connectivity index (χ0n) is 22.3. The van der Waals surface area contributed by atoms with Crippen molar-refractivity contribution < 1.29 is 38.1 Å². The highest BCUT2D eigenvalue weighted by molar-refractivity contribution is 5.92. The van der Waals surface area contributed by atoms with E-state index in [9.17, 15) is 19.2 Å². The molecule has 0 aliphatic carbocycles. The summed E-state index contributed by atoms with van der Waals surface area (Å²) < 4.78 is 20.8. The number of para-hydroxylation sites is 1. The summed E-state index contributed by atoms with van der Waals surface area (Å²) in [5.41, 5.74) is 2.15. The molecule has 10 nitrogen and oxygen atoms in total. The van der Waals surface area contributed by atoms with Crippen molar-refractivity contribution in [2.75, 3.05) is 14.2 Å². The summed E-state index contributed by atoms with van der Waals surface area (Å²) in [6, 6.07) is 22.5. The number of ether oxygens (including phenoxy) is 4. The van der Waals surface area contributed by atoms with Crippen LogP contribution in [0.15, 0.2) is 84.9 Å². The summed E-state index contributed by atoms with van der Waals surface area (Å²) in [6.07, 6.45) is -1.37. The first kappa shape index (κ1) is 29.7. The van der Waals surface area contributed by atoms with Crippen LogP contribution in [0.25, 0.3) is 0 Å². The van der Waals surface area contributed by atoms with Crippen LogP contribution in [0.2, 0.25) is 0 Å². The molecular formula is C30H32N2O8. The third-order valence-corrected chi connectivity index (χ3v) is 5.85. The minimum absolute atomic E-state index is 0.00888. The quantitative estimate of drug-likeness (QED) is 0.246. The number of methoxy groups -OCH3 is 2. The first-order valence-electron chi connectivity index (χ1n) is 12.6. The number of carbonyl (C=O) groups is 4. The van der Waals surface area contributed by atoms with E-state index in [-0.39, 0.29) is 19.6 Å². The zero-order valence-corrected chi connectivity index (χ0v) is 22.3. The fourth-order valence-electron chi connectivity index (χ4n) is 3.78. The molecule has 0 saturated heterocycles. The van der Waals surface area contributed by atoms with Crippen molar-refractivity contribution >= 4 is 23.9 Å². The van der Waals surface area contributed by atoms with Crippen molar-refractivity contribution in [3.05, 3.63) is 102 Å². The van der Waals surface area contributed by atoms with Gasteiger partial charge in [-0.1, -0.05) is 78.9 Å². The van der Waals surface area contributed by atoms with Crippen LogP contribution in [0.4, 0.5) is 4.79 Å². The van der Waals surface area contributed by atoms with Crippen molar-refractivity contribution in [1.29, 1.82) is 0 Å². The summed E-state index contributed by atoms with van der Waals surface area (Å²) >= 11 is 0. The number of amides is 2. The van der Waals surface area contributed by atoms with Crippen LogP contribution in [-0.2, 0) is 48.2 Å². The smallest absolute Gasteiger partial charge is 0.408 e. The van der Waals surface area contributed by atoms with Crippen molar-refractivity contribution in [2.45, 2.75) is 38.1 Å². The number of alkyl carbamates (subject to hydrolysis) is 1. The lowest BCUT2D eigenvalue weighted by atomic mass is 10.0. The van der Waals surface area contributed by atoms with E-state index in [1.54, 1.807) is 72.8 Å². The second-order valence-electron chi connectivity index (χ2n) is 8.71. The normalized spacial score (nSPS) is 11.8. The van der Waals surface area contributed by atoms with Crippen LogP contribution in [-0.4, -0.2) is 50.2 Å². The van der Waals surface area contributed by atoms with Crippen LogP contribution in [0.3, 0.4) is 0 Å². The molecule has 0 saturated carbocycles. The molecule has 0 fully saturated rings. The van der Waals surface area contributed by atoms with Gasteiger partial charge in [-0.15, -0.1) is 0 Å². The molecule has 0 unspecified atom stereocenters. The van der Waals surface area contributed by atoms with Gasteiger partial charge in [-0.05, 0) is 22.8 Å². The lowest BCUT2D eigenvalue weighted by Crippen LogP contribution is -2.53. The minimum Gasteiger partial charge on any atom is -0.496 e. The minimum atomic E-state index is -1.39. The highest BCUT2D eigenvalue weighted by Gasteiger charge is 2.30. The van der Waals surface area contributed by atoms with E-state index in [0.29, 0.717) is 11.3 Å². The Kier molecular flexibility index (Phi) is 11.5. The molecule has 3 aromatic carbocycles. The number of nitrogens with one attached hydrogen (secondary N) is 2. The molecular weight excluding hydrogens is 516 g/mol. The fraction of sp³-hybridized carbons (Fsp3) is 0.267. The van der Waals surface area contributed by atoms with Crippen LogP contribution < -0.4 is 15.4 Å². The molecule has 210 valence electrons. The molecule has 0 aromatic heterocycles. The lowest BCUT2D eigenvalue weighted by molar-refractivity contribution is -0.147.